The Labute approximate surface area is 129 Å². The lowest BCUT2D eigenvalue weighted by Gasteiger charge is -2.37. The Hall–Kier alpha value is -1.09. The number of pyridine rings is 1. The molecule has 3 heteroatoms. The lowest BCUT2D eigenvalue weighted by atomic mass is 9.98. The molecule has 1 N–H and O–H groups in total. The summed E-state index contributed by atoms with van der Waals surface area (Å²) < 4.78 is 0. The first-order valence-corrected chi connectivity index (χ1v) is 8.74. The zero-order valence-corrected chi connectivity index (χ0v) is 13.6. The average Bonchev–Trinajstić information content (AvgIpc) is 3.30. The molecule has 1 aliphatic carbocycles. The predicted molar refractivity (Wildman–Crippen MR) is 88.7 cm³/mol. The summed E-state index contributed by atoms with van der Waals surface area (Å²) in [6.07, 6.45) is 9.28. The van der Waals surface area contributed by atoms with E-state index >= 15 is 0 Å². The van der Waals surface area contributed by atoms with Gasteiger partial charge in [-0.2, -0.15) is 0 Å². The van der Waals surface area contributed by atoms with Crippen molar-refractivity contribution >= 4 is 5.82 Å². The van der Waals surface area contributed by atoms with Gasteiger partial charge in [0, 0.05) is 30.9 Å². The molecule has 2 heterocycles. The number of anilines is 1. The third-order valence-electron chi connectivity index (χ3n) is 4.72. The van der Waals surface area contributed by atoms with Crippen molar-refractivity contribution in [2.45, 2.75) is 77.4 Å². The quantitative estimate of drug-likeness (QED) is 0.862. The SMILES string of the molecule is CCCC1CCCCN1c1cc(CNC2CC2)cc(C)n1. The molecule has 3 rings (SSSR count). The summed E-state index contributed by atoms with van der Waals surface area (Å²) in [5.41, 5.74) is 2.55. The zero-order valence-electron chi connectivity index (χ0n) is 13.6. The molecular weight excluding hydrogens is 258 g/mol. The Balaban J connectivity index is 1.74. The zero-order chi connectivity index (χ0) is 14.7. The van der Waals surface area contributed by atoms with Crippen LogP contribution in [0.2, 0.25) is 0 Å². The second kappa shape index (κ2) is 6.78. The maximum Gasteiger partial charge on any atom is 0.129 e. The van der Waals surface area contributed by atoms with Crippen LogP contribution in [-0.4, -0.2) is 23.6 Å². The van der Waals surface area contributed by atoms with E-state index in [1.165, 1.54) is 62.9 Å². The van der Waals surface area contributed by atoms with Gasteiger partial charge in [0.05, 0.1) is 0 Å². The molecule has 3 nitrogen and oxygen atoms in total. The summed E-state index contributed by atoms with van der Waals surface area (Å²) in [4.78, 5) is 7.40. The summed E-state index contributed by atoms with van der Waals surface area (Å²) >= 11 is 0. The van der Waals surface area contributed by atoms with Crippen LogP contribution in [0, 0.1) is 6.92 Å². The van der Waals surface area contributed by atoms with Gasteiger partial charge in [-0.3, -0.25) is 0 Å². The molecule has 1 saturated heterocycles. The Bertz CT molecular complexity index is 466. The third kappa shape index (κ3) is 3.97. The third-order valence-corrected chi connectivity index (χ3v) is 4.72. The van der Waals surface area contributed by atoms with Crippen molar-refractivity contribution in [1.82, 2.24) is 10.3 Å². The van der Waals surface area contributed by atoms with Crippen LogP contribution >= 0.6 is 0 Å². The Morgan fingerprint density at radius 3 is 2.86 bits per heavy atom. The minimum atomic E-state index is 0.697. The highest BCUT2D eigenvalue weighted by Crippen LogP contribution is 2.27. The van der Waals surface area contributed by atoms with E-state index in [0.717, 1.165) is 18.3 Å². The Kier molecular flexibility index (Phi) is 4.79. The highest BCUT2D eigenvalue weighted by atomic mass is 15.2. The maximum atomic E-state index is 4.83. The van der Waals surface area contributed by atoms with Gasteiger partial charge < -0.3 is 10.2 Å². The van der Waals surface area contributed by atoms with Crippen LogP contribution in [-0.2, 0) is 6.54 Å². The number of nitrogens with zero attached hydrogens (tertiary/aromatic N) is 2. The van der Waals surface area contributed by atoms with Crippen LogP contribution in [0.5, 0.6) is 0 Å². The normalized spacial score (nSPS) is 22.6. The van der Waals surface area contributed by atoms with Gasteiger partial charge in [0.25, 0.3) is 0 Å². The van der Waals surface area contributed by atoms with Gasteiger partial charge in [0.2, 0.25) is 0 Å². The van der Waals surface area contributed by atoms with E-state index in [0.29, 0.717) is 6.04 Å². The fourth-order valence-electron chi connectivity index (χ4n) is 3.46. The van der Waals surface area contributed by atoms with Crippen molar-refractivity contribution in [2.24, 2.45) is 0 Å². The molecule has 0 bridgehead atoms. The molecule has 1 aliphatic heterocycles. The molecule has 1 unspecified atom stereocenters. The van der Waals surface area contributed by atoms with Crippen molar-refractivity contribution in [2.75, 3.05) is 11.4 Å². The highest BCUT2D eigenvalue weighted by Gasteiger charge is 2.24. The molecule has 0 aromatic carbocycles. The summed E-state index contributed by atoms with van der Waals surface area (Å²) in [7, 11) is 0. The topological polar surface area (TPSA) is 28.2 Å². The van der Waals surface area contributed by atoms with Crippen LogP contribution in [0.4, 0.5) is 5.82 Å². The monoisotopic (exact) mass is 287 g/mol. The Morgan fingerprint density at radius 2 is 2.10 bits per heavy atom. The van der Waals surface area contributed by atoms with Crippen molar-refractivity contribution in [3.8, 4) is 0 Å². The Morgan fingerprint density at radius 1 is 1.24 bits per heavy atom. The molecule has 0 spiro atoms. The van der Waals surface area contributed by atoms with Crippen molar-refractivity contribution in [3.63, 3.8) is 0 Å². The number of piperidine rings is 1. The fraction of sp³-hybridized carbons (Fsp3) is 0.722. The van der Waals surface area contributed by atoms with E-state index in [2.05, 4.69) is 36.2 Å². The molecular formula is C18H29N3. The first-order valence-electron chi connectivity index (χ1n) is 8.74. The van der Waals surface area contributed by atoms with Gasteiger partial charge in [-0.1, -0.05) is 13.3 Å². The summed E-state index contributed by atoms with van der Waals surface area (Å²) in [5, 5.41) is 3.62. The van der Waals surface area contributed by atoms with Gasteiger partial charge in [-0.15, -0.1) is 0 Å². The molecule has 1 aromatic heterocycles. The molecule has 21 heavy (non-hydrogen) atoms. The molecule has 0 amide bonds. The van der Waals surface area contributed by atoms with Crippen molar-refractivity contribution < 1.29 is 0 Å². The van der Waals surface area contributed by atoms with Crippen LogP contribution < -0.4 is 10.2 Å². The number of rotatable bonds is 6. The number of hydrogen-bond acceptors (Lipinski definition) is 3. The second-order valence-corrected chi connectivity index (χ2v) is 6.76. The predicted octanol–water partition coefficient (Wildman–Crippen LogP) is 3.80. The number of nitrogens with one attached hydrogen (secondary N) is 1. The molecule has 1 atom stereocenters. The first-order chi connectivity index (χ1) is 10.3. The van der Waals surface area contributed by atoms with Gasteiger partial charge in [0.1, 0.15) is 5.82 Å². The average molecular weight is 287 g/mol. The smallest absolute Gasteiger partial charge is 0.129 e. The molecule has 116 valence electrons. The lowest BCUT2D eigenvalue weighted by Crippen LogP contribution is -2.40. The summed E-state index contributed by atoms with van der Waals surface area (Å²) in [5.74, 6) is 1.21. The van der Waals surface area contributed by atoms with Gasteiger partial charge >= 0.3 is 0 Å². The minimum Gasteiger partial charge on any atom is -0.354 e. The first kappa shape index (κ1) is 14.8. The van der Waals surface area contributed by atoms with E-state index in [1.54, 1.807) is 0 Å². The fourth-order valence-corrected chi connectivity index (χ4v) is 3.46. The molecule has 1 aromatic rings. The lowest BCUT2D eigenvalue weighted by molar-refractivity contribution is 0.431. The summed E-state index contributed by atoms with van der Waals surface area (Å²) in [6.45, 7) is 6.59. The van der Waals surface area contributed by atoms with Crippen LogP contribution in [0.3, 0.4) is 0 Å². The highest BCUT2D eigenvalue weighted by molar-refractivity contribution is 5.44. The number of aromatic nitrogens is 1. The minimum absolute atomic E-state index is 0.697. The standard InChI is InChI=1S/C18H29N3/c1-3-6-17-7-4-5-10-21(17)18-12-15(11-14(2)20-18)13-19-16-8-9-16/h11-12,16-17,19H,3-10,13H2,1-2H3. The van der Waals surface area contributed by atoms with E-state index < -0.39 is 0 Å². The second-order valence-electron chi connectivity index (χ2n) is 6.76. The van der Waals surface area contributed by atoms with Crippen LogP contribution in [0.25, 0.3) is 0 Å². The molecule has 2 fully saturated rings. The van der Waals surface area contributed by atoms with Gasteiger partial charge in [-0.05, 0) is 63.1 Å². The molecule has 0 radical (unpaired) electrons. The van der Waals surface area contributed by atoms with Gasteiger partial charge in [0.15, 0.2) is 0 Å². The molecule has 2 aliphatic rings. The number of aryl methyl sites for hydroxylation is 1. The van der Waals surface area contributed by atoms with E-state index in [9.17, 15) is 0 Å². The molecule has 1 saturated carbocycles. The van der Waals surface area contributed by atoms with Crippen molar-refractivity contribution in [1.29, 1.82) is 0 Å². The maximum absolute atomic E-state index is 4.83. The van der Waals surface area contributed by atoms with Gasteiger partial charge in [-0.25, -0.2) is 4.98 Å². The van der Waals surface area contributed by atoms with Crippen LogP contribution in [0.1, 0.15) is 63.1 Å². The largest absolute Gasteiger partial charge is 0.354 e. The van der Waals surface area contributed by atoms with E-state index in [4.69, 9.17) is 4.98 Å². The van der Waals surface area contributed by atoms with Crippen LogP contribution in [0.15, 0.2) is 12.1 Å². The number of hydrogen-bond donors (Lipinski definition) is 1. The van der Waals surface area contributed by atoms with E-state index in [1.807, 2.05) is 0 Å². The van der Waals surface area contributed by atoms with E-state index in [-0.39, 0.29) is 0 Å². The van der Waals surface area contributed by atoms with Crippen molar-refractivity contribution in [3.05, 3.63) is 23.4 Å². The summed E-state index contributed by atoms with van der Waals surface area (Å²) in [6, 6.07) is 6.01.